The molecule has 2 aromatic heterocycles. The van der Waals surface area contributed by atoms with Crippen LogP contribution in [0.25, 0.3) is 59.8 Å². The summed E-state index contributed by atoms with van der Waals surface area (Å²) in [4.78, 5) is 46.4. The van der Waals surface area contributed by atoms with Gasteiger partial charge in [-0.05, 0) is 42.3 Å². The molecule has 0 amide bonds. The van der Waals surface area contributed by atoms with E-state index < -0.39 is 0 Å². The zero-order chi connectivity index (χ0) is 34.1. The number of pyridine rings is 1. The first-order valence-corrected chi connectivity index (χ1v) is 14.3. The van der Waals surface area contributed by atoms with Gasteiger partial charge < -0.3 is 0 Å². The van der Waals surface area contributed by atoms with Crippen LogP contribution in [0.2, 0.25) is 0 Å². The fourth-order valence-electron chi connectivity index (χ4n) is 5.17. The SMILES string of the molecule is [C-]#[N+]/C(C)=C1/N=c2ccc(-c3nc(-c4ccc(-c5cccnc5)cc4)nc(-c4ccc5c(c4C#N)=N/C(=C(\C#N)[N+]#[C-])N=5)n3)c([N+]#[C-])c2=N1. The quantitative estimate of drug-likeness (QED) is 0.209. The van der Waals surface area contributed by atoms with Crippen molar-refractivity contribution in [3.8, 4) is 57.4 Å². The topological polar surface area (TPSA) is 162 Å². The Morgan fingerprint density at radius 2 is 1.33 bits per heavy atom. The second-order valence-electron chi connectivity index (χ2n) is 10.4. The highest BCUT2D eigenvalue weighted by atomic mass is 15.1. The highest BCUT2D eigenvalue weighted by Gasteiger charge is 2.22. The molecule has 0 fully saturated rings. The van der Waals surface area contributed by atoms with E-state index >= 15 is 0 Å². The normalized spacial score (nSPS) is 14.0. The van der Waals surface area contributed by atoms with Crippen molar-refractivity contribution in [3.05, 3.63) is 157 Å². The molecule has 2 aliphatic rings. The van der Waals surface area contributed by atoms with E-state index in [9.17, 15) is 10.5 Å². The van der Waals surface area contributed by atoms with Crippen molar-refractivity contribution in [1.29, 1.82) is 10.5 Å². The summed E-state index contributed by atoms with van der Waals surface area (Å²) in [7, 11) is 0. The van der Waals surface area contributed by atoms with Crippen molar-refractivity contribution < 1.29 is 0 Å². The number of aromatic nitrogens is 4. The second-order valence-corrected chi connectivity index (χ2v) is 10.4. The van der Waals surface area contributed by atoms with Crippen LogP contribution in [0, 0.1) is 42.4 Å². The van der Waals surface area contributed by atoms with E-state index in [2.05, 4.69) is 45.6 Å². The van der Waals surface area contributed by atoms with Gasteiger partial charge in [-0.3, -0.25) is 9.98 Å². The maximum atomic E-state index is 10.3. The van der Waals surface area contributed by atoms with Crippen LogP contribution >= 0.6 is 0 Å². The predicted octanol–water partition coefficient (Wildman–Crippen LogP) is 4.58. The number of hydrogen-bond donors (Lipinski definition) is 0. The Balaban J connectivity index is 1.47. The molecule has 7 rings (SSSR count). The van der Waals surface area contributed by atoms with E-state index in [1.807, 2.05) is 36.4 Å². The summed E-state index contributed by atoms with van der Waals surface area (Å²) in [6, 6.07) is 21.9. The standard InChI is InChI=1S/C36H15N13/c1-19(39-2)32-43-27-14-12-24(30(41-4)31(27)46-32)35-48-33(21-9-7-20(8-10-21)22-6-5-15-42-18-22)47-34(49-35)23-11-13-26-29(25(23)16-37)45-36(44-26)28(17-38)40-3/h5-15,18H,1H3/b32-19-,36-28+. The van der Waals surface area contributed by atoms with Crippen LogP contribution in [0.5, 0.6) is 0 Å². The number of benzene rings is 3. The third kappa shape index (κ3) is 5.13. The molecule has 0 bridgehead atoms. The summed E-state index contributed by atoms with van der Waals surface area (Å²) in [6.45, 7) is 24.3. The molecule has 13 nitrogen and oxygen atoms in total. The molecule has 0 radical (unpaired) electrons. The van der Waals surface area contributed by atoms with Gasteiger partial charge in [-0.15, -0.1) is 0 Å². The highest BCUT2D eigenvalue weighted by molar-refractivity contribution is 5.77. The first-order valence-electron chi connectivity index (χ1n) is 14.3. The van der Waals surface area contributed by atoms with Crippen LogP contribution in [-0.2, 0) is 0 Å². The summed E-state index contributed by atoms with van der Waals surface area (Å²) in [6.07, 6.45) is 3.46. The molecule has 0 aliphatic carbocycles. The lowest BCUT2D eigenvalue weighted by Gasteiger charge is -2.10. The zero-order valence-corrected chi connectivity index (χ0v) is 25.2. The minimum atomic E-state index is -0.300. The van der Waals surface area contributed by atoms with Crippen LogP contribution in [0.3, 0.4) is 0 Å². The van der Waals surface area contributed by atoms with Crippen LogP contribution in [0.4, 0.5) is 5.69 Å². The molecule has 0 saturated heterocycles. The van der Waals surface area contributed by atoms with Crippen molar-refractivity contribution in [1.82, 2.24) is 19.9 Å². The van der Waals surface area contributed by atoms with Gasteiger partial charge >= 0.3 is 5.70 Å². The maximum Gasteiger partial charge on any atom is 0.305 e. The van der Waals surface area contributed by atoms with Crippen LogP contribution in [0.1, 0.15) is 12.5 Å². The summed E-state index contributed by atoms with van der Waals surface area (Å²) >= 11 is 0. The smallest absolute Gasteiger partial charge is 0.264 e. The maximum absolute atomic E-state index is 10.3. The van der Waals surface area contributed by atoms with Crippen molar-refractivity contribution in [2.24, 2.45) is 20.0 Å². The largest absolute Gasteiger partial charge is 0.305 e. The molecule has 2 aliphatic heterocycles. The van der Waals surface area contributed by atoms with Gasteiger partial charge in [0, 0.05) is 29.1 Å². The number of nitrogens with zero attached hydrogens (tertiary/aromatic N) is 13. The molecule has 0 spiro atoms. The van der Waals surface area contributed by atoms with Gasteiger partial charge in [0.15, 0.2) is 29.1 Å². The molecule has 5 aromatic rings. The number of fused-ring (bicyclic) bond motifs is 2. The Bertz CT molecular complexity index is 2800. The van der Waals surface area contributed by atoms with E-state index in [0.29, 0.717) is 38.5 Å². The van der Waals surface area contributed by atoms with Crippen LogP contribution < -0.4 is 21.4 Å². The second kappa shape index (κ2) is 12.0. The first-order chi connectivity index (χ1) is 24.0. The van der Waals surface area contributed by atoms with E-state index in [0.717, 1.165) is 11.1 Å². The first kappa shape index (κ1) is 29.6. The fourth-order valence-corrected chi connectivity index (χ4v) is 5.17. The average molecular weight is 630 g/mol. The number of hydrogen-bond acceptors (Lipinski definition) is 10. The lowest BCUT2D eigenvalue weighted by atomic mass is 10.0. The zero-order valence-electron chi connectivity index (χ0n) is 25.2. The van der Waals surface area contributed by atoms with Gasteiger partial charge in [-0.2, -0.15) is 5.26 Å². The summed E-state index contributed by atoms with van der Waals surface area (Å²) in [5.74, 6) is 0.687. The summed E-state index contributed by atoms with van der Waals surface area (Å²) in [5, 5.41) is 20.9. The molecular formula is C36H15N13. The van der Waals surface area contributed by atoms with Crippen LogP contribution in [-0.4, -0.2) is 19.9 Å². The van der Waals surface area contributed by atoms with E-state index in [1.54, 1.807) is 49.7 Å². The minimum Gasteiger partial charge on any atom is -0.264 e. The Kier molecular flexibility index (Phi) is 7.29. The van der Waals surface area contributed by atoms with Gasteiger partial charge in [0.25, 0.3) is 0 Å². The molecule has 49 heavy (non-hydrogen) atoms. The molecule has 3 aromatic carbocycles. The Labute approximate surface area is 277 Å². The van der Waals surface area contributed by atoms with Gasteiger partial charge in [-0.25, -0.2) is 49.7 Å². The molecule has 13 heteroatoms. The van der Waals surface area contributed by atoms with Crippen molar-refractivity contribution >= 4 is 5.69 Å². The van der Waals surface area contributed by atoms with E-state index in [1.165, 1.54) is 0 Å². The van der Waals surface area contributed by atoms with E-state index in [-0.39, 0.29) is 51.4 Å². The predicted molar refractivity (Wildman–Crippen MR) is 174 cm³/mol. The van der Waals surface area contributed by atoms with E-state index in [4.69, 9.17) is 34.7 Å². The molecule has 0 atom stereocenters. The molecule has 0 unspecified atom stereocenters. The summed E-state index contributed by atoms with van der Waals surface area (Å²) in [5.41, 5.74) is 3.39. The minimum absolute atomic E-state index is 0.0808. The summed E-state index contributed by atoms with van der Waals surface area (Å²) < 4.78 is 0. The highest BCUT2D eigenvalue weighted by Crippen LogP contribution is 2.30. The molecular weight excluding hydrogens is 614 g/mol. The average Bonchev–Trinajstić information content (AvgIpc) is 3.79. The lowest BCUT2D eigenvalue weighted by molar-refractivity contribution is 1.07. The fraction of sp³-hybridized carbons (Fsp3) is 0.0278. The van der Waals surface area contributed by atoms with Gasteiger partial charge in [-0.1, -0.05) is 36.4 Å². The van der Waals surface area contributed by atoms with Crippen molar-refractivity contribution in [2.45, 2.75) is 6.92 Å². The Hall–Kier alpha value is -8.05. The van der Waals surface area contributed by atoms with Crippen LogP contribution in [0.15, 0.2) is 116 Å². The third-order valence-corrected chi connectivity index (χ3v) is 7.57. The number of nitriles is 2. The van der Waals surface area contributed by atoms with Crippen molar-refractivity contribution in [3.63, 3.8) is 0 Å². The lowest BCUT2D eigenvalue weighted by Crippen LogP contribution is -2.26. The Morgan fingerprint density at radius 1 is 0.673 bits per heavy atom. The molecule has 224 valence electrons. The third-order valence-electron chi connectivity index (χ3n) is 7.57. The number of allylic oxidation sites excluding steroid dienone is 2. The monoisotopic (exact) mass is 629 g/mol. The Morgan fingerprint density at radius 3 is 1.98 bits per heavy atom. The van der Waals surface area contributed by atoms with Gasteiger partial charge in [0.2, 0.25) is 11.4 Å². The molecule has 0 saturated carbocycles. The molecule has 0 N–H and O–H groups in total. The van der Waals surface area contributed by atoms with Gasteiger partial charge in [0.05, 0.1) is 47.4 Å². The molecule has 4 heterocycles. The van der Waals surface area contributed by atoms with Gasteiger partial charge in [0.1, 0.15) is 11.4 Å². The number of rotatable bonds is 4. The van der Waals surface area contributed by atoms with Crippen molar-refractivity contribution in [2.75, 3.05) is 0 Å².